The van der Waals surface area contributed by atoms with Gasteiger partial charge in [0, 0.05) is 5.70 Å². The van der Waals surface area contributed by atoms with Crippen LogP contribution in [-0.2, 0) is 4.79 Å². The molecule has 3 N–H and O–H groups in total. The van der Waals surface area contributed by atoms with E-state index in [2.05, 4.69) is 20.8 Å². The quantitative estimate of drug-likeness (QED) is 0.866. The minimum atomic E-state index is -0.516. The summed E-state index contributed by atoms with van der Waals surface area (Å²) in [6, 6.07) is 6.99. The fourth-order valence-corrected chi connectivity index (χ4v) is 2.58. The first-order chi connectivity index (χ1) is 10.6. The molecule has 1 atom stereocenters. The first kappa shape index (κ1) is 14.1. The molecule has 8 heteroatoms. The number of nitrogens with two attached hydrogens (primary N) is 1. The summed E-state index contributed by atoms with van der Waals surface area (Å²) in [7, 11) is 0. The number of hydrogen-bond acceptors (Lipinski definition) is 6. The molecule has 0 bridgehead atoms. The molecule has 0 radical (unpaired) electrons. The van der Waals surface area contributed by atoms with Crippen LogP contribution in [0.15, 0.2) is 35.5 Å². The largest absolute Gasteiger partial charge is 0.494 e. The highest BCUT2D eigenvalue weighted by molar-refractivity contribution is 5.95. The van der Waals surface area contributed by atoms with Crippen LogP contribution in [-0.4, -0.2) is 32.7 Å². The van der Waals surface area contributed by atoms with E-state index in [-0.39, 0.29) is 0 Å². The number of benzene rings is 1. The molecule has 114 valence electrons. The summed E-state index contributed by atoms with van der Waals surface area (Å²) in [6.07, 6.45) is 0. The van der Waals surface area contributed by atoms with E-state index in [9.17, 15) is 4.79 Å². The summed E-state index contributed by atoms with van der Waals surface area (Å²) in [6.45, 7) is 4.25. The highest BCUT2D eigenvalue weighted by Gasteiger charge is 2.32. The average Bonchev–Trinajstić information content (AvgIpc) is 2.93. The molecule has 1 aromatic heterocycles. The third kappa shape index (κ3) is 2.28. The van der Waals surface area contributed by atoms with Gasteiger partial charge in [-0.3, -0.25) is 4.79 Å². The number of allylic oxidation sites excluding steroid dienone is 1. The number of nitrogens with zero attached hydrogens (tertiary/aromatic N) is 4. The lowest BCUT2D eigenvalue weighted by Crippen LogP contribution is -2.31. The molecule has 0 aliphatic carbocycles. The Balaban J connectivity index is 2.14. The standard InChI is InChI=1S/C14H16N6O2/c1-3-22-10-6-4-5-9(7-10)12-11(13(15)21)8(2)16-14-17-18-19-20(12)14/h4-7,12H,3H2,1-2H3,(H2,15,21)(H,16,17,19). The van der Waals surface area contributed by atoms with E-state index in [4.69, 9.17) is 10.5 Å². The van der Waals surface area contributed by atoms with Gasteiger partial charge in [0.1, 0.15) is 11.8 Å². The Labute approximate surface area is 126 Å². The normalized spacial score (nSPS) is 16.9. The highest BCUT2D eigenvalue weighted by Crippen LogP contribution is 2.34. The zero-order valence-corrected chi connectivity index (χ0v) is 12.3. The first-order valence-corrected chi connectivity index (χ1v) is 6.90. The van der Waals surface area contributed by atoms with Crippen molar-refractivity contribution in [3.8, 4) is 5.75 Å². The van der Waals surface area contributed by atoms with Crippen LogP contribution in [0.4, 0.5) is 5.95 Å². The van der Waals surface area contributed by atoms with E-state index in [1.807, 2.05) is 31.2 Å². The molecule has 1 aromatic carbocycles. The van der Waals surface area contributed by atoms with Crippen molar-refractivity contribution in [2.24, 2.45) is 5.73 Å². The maximum Gasteiger partial charge on any atom is 0.248 e. The predicted octanol–water partition coefficient (Wildman–Crippen LogP) is 0.846. The third-order valence-electron chi connectivity index (χ3n) is 3.46. The highest BCUT2D eigenvalue weighted by atomic mass is 16.5. The van der Waals surface area contributed by atoms with Crippen molar-refractivity contribution >= 4 is 11.9 Å². The third-order valence-corrected chi connectivity index (χ3v) is 3.46. The number of anilines is 1. The van der Waals surface area contributed by atoms with E-state index in [1.165, 1.54) is 4.68 Å². The maximum atomic E-state index is 11.9. The molecule has 1 aliphatic heterocycles. The lowest BCUT2D eigenvalue weighted by Gasteiger charge is -2.27. The zero-order valence-electron chi connectivity index (χ0n) is 12.3. The van der Waals surface area contributed by atoms with Crippen LogP contribution in [0.5, 0.6) is 5.75 Å². The lowest BCUT2D eigenvalue weighted by atomic mass is 9.95. The van der Waals surface area contributed by atoms with E-state index >= 15 is 0 Å². The number of tetrazole rings is 1. The van der Waals surface area contributed by atoms with Gasteiger partial charge in [-0.1, -0.05) is 17.2 Å². The van der Waals surface area contributed by atoms with Gasteiger partial charge in [-0.2, -0.15) is 4.68 Å². The van der Waals surface area contributed by atoms with Crippen molar-refractivity contribution in [2.45, 2.75) is 19.9 Å². The zero-order chi connectivity index (χ0) is 15.7. The van der Waals surface area contributed by atoms with E-state index in [0.29, 0.717) is 23.8 Å². The molecule has 0 spiro atoms. The molecule has 3 rings (SSSR count). The minimum absolute atomic E-state index is 0.424. The maximum absolute atomic E-state index is 11.9. The molecule has 0 saturated carbocycles. The van der Waals surface area contributed by atoms with Gasteiger partial charge in [0.15, 0.2) is 0 Å². The fraction of sp³-hybridized carbons (Fsp3) is 0.286. The number of carbonyl (C=O) groups is 1. The number of ether oxygens (including phenoxy) is 1. The van der Waals surface area contributed by atoms with Crippen molar-refractivity contribution in [3.63, 3.8) is 0 Å². The smallest absolute Gasteiger partial charge is 0.248 e. The number of nitrogens with one attached hydrogen (secondary N) is 1. The molecule has 0 saturated heterocycles. The Morgan fingerprint density at radius 1 is 1.50 bits per heavy atom. The first-order valence-electron chi connectivity index (χ1n) is 6.90. The van der Waals surface area contributed by atoms with Crippen LogP contribution in [0.1, 0.15) is 25.5 Å². The van der Waals surface area contributed by atoms with Crippen molar-refractivity contribution in [1.82, 2.24) is 20.2 Å². The second kappa shape index (κ2) is 5.47. The Morgan fingerprint density at radius 2 is 2.32 bits per heavy atom. The lowest BCUT2D eigenvalue weighted by molar-refractivity contribution is -0.115. The molecular weight excluding hydrogens is 284 g/mol. The van der Waals surface area contributed by atoms with Crippen LogP contribution in [0, 0.1) is 0 Å². The molecule has 22 heavy (non-hydrogen) atoms. The summed E-state index contributed by atoms with van der Waals surface area (Å²) in [5, 5.41) is 14.5. The number of rotatable bonds is 4. The molecular formula is C14H16N6O2. The Hall–Kier alpha value is -2.90. The van der Waals surface area contributed by atoms with Crippen LogP contribution < -0.4 is 15.8 Å². The summed E-state index contributed by atoms with van der Waals surface area (Å²) < 4.78 is 7.06. The van der Waals surface area contributed by atoms with Crippen LogP contribution in [0.3, 0.4) is 0 Å². The average molecular weight is 300 g/mol. The van der Waals surface area contributed by atoms with Crippen LogP contribution >= 0.6 is 0 Å². The van der Waals surface area contributed by atoms with Crippen molar-refractivity contribution in [1.29, 1.82) is 0 Å². The topological polar surface area (TPSA) is 108 Å². The molecule has 2 heterocycles. The molecule has 2 aromatic rings. The minimum Gasteiger partial charge on any atom is -0.494 e. The number of amides is 1. The number of fused-ring (bicyclic) bond motifs is 1. The fourth-order valence-electron chi connectivity index (χ4n) is 2.58. The van der Waals surface area contributed by atoms with Crippen molar-refractivity contribution in [2.75, 3.05) is 11.9 Å². The Bertz CT molecular complexity index is 751. The molecule has 8 nitrogen and oxygen atoms in total. The summed E-state index contributed by atoms with van der Waals surface area (Å²) in [5.74, 6) is 0.668. The van der Waals surface area contributed by atoms with Gasteiger partial charge in [0.25, 0.3) is 0 Å². The van der Waals surface area contributed by atoms with Gasteiger partial charge in [0.05, 0.1) is 12.2 Å². The van der Waals surface area contributed by atoms with Crippen molar-refractivity contribution < 1.29 is 9.53 Å². The monoisotopic (exact) mass is 300 g/mol. The van der Waals surface area contributed by atoms with Crippen molar-refractivity contribution in [3.05, 3.63) is 41.1 Å². The van der Waals surface area contributed by atoms with E-state index in [1.54, 1.807) is 6.92 Å². The van der Waals surface area contributed by atoms with Gasteiger partial charge in [0.2, 0.25) is 11.9 Å². The molecule has 1 amide bonds. The molecule has 0 fully saturated rings. The van der Waals surface area contributed by atoms with Gasteiger partial charge < -0.3 is 15.8 Å². The van der Waals surface area contributed by atoms with Gasteiger partial charge in [-0.25, -0.2) is 0 Å². The van der Waals surface area contributed by atoms with Crippen LogP contribution in [0.2, 0.25) is 0 Å². The number of hydrogen-bond donors (Lipinski definition) is 2. The molecule has 1 unspecified atom stereocenters. The predicted molar refractivity (Wildman–Crippen MR) is 79.1 cm³/mol. The summed E-state index contributed by atoms with van der Waals surface area (Å²) in [4.78, 5) is 11.9. The van der Waals surface area contributed by atoms with Gasteiger partial charge in [-0.05, 0) is 42.0 Å². The number of primary amides is 1. The summed E-state index contributed by atoms with van der Waals surface area (Å²) in [5.41, 5.74) is 7.45. The Morgan fingerprint density at radius 3 is 3.05 bits per heavy atom. The van der Waals surface area contributed by atoms with Crippen LogP contribution in [0.25, 0.3) is 0 Å². The van der Waals surface area contributed by atoms with Gasteiger partial charge in [-0.15, -0.1) is 0 Å². The SMILES string of the molecule is CCOc1cccc(C2C(C(N)=O)=C(C)Nc3nnnn32)c1. The number of aromatic nitrogens is 4. The number of carbonyl (C=O) groups excluding carboxylic acids is 1. The Kier molecular flexibility index (Phi) is 3.50. The molecule has 1 aliphatic rings. The second-order valence-corrected chi connectivity index (χ2v) is 4.88. The second-order valence-electron chi connectivity index (χ2n) is 4.88. The van der Waals surface area contributed by atoms with E-state index < -0.39 is 11.9 Å². The van der Waals surface area contributed by atoms with E-state index in [0.717, 1.165) is 11.3 Å². The van der Waals surface area contributed by atoms with Gasteiger partial charge >= 0.3 is 0 Å². The summed E-state index contributed by atoms with van der Waals surface area (Å²) >= 11 is 0.